The summed E-state index contributed by atoms with van der Waals surface area (Å²) in [5, 5.41) is 13.0. The minimum absolute atomic E-state index is 0.249. The Balaban J connectivity index is 0.000000491. The summed E-state index contributed by atoms with van der Waals surface area (Å²) < 4.78 is 24.1. The predicted octanol–water partition coefficient (Wildman–Crippen LogP) is 6.35. The lowest BCUT2D eigenvalue weighted by Crippen LogP contribution is -2.08. The average Bonchev–Trinajstić information content (AvgIpc) is 3.54. The predicted molar refractivity (Wildman–Crippen MR) is 121 cm³/mol. The number of ether oxygens (including phenoxy) is 1. The number of rotatable bonds is 8. The first-order chi connectivity index (χ1) is 15.1. The largest absolute Gasteiger partial charge is 0.469 e. The highest BCUT2D eigenvalue weighted by molar-refractivity contribution is 6.03. The van der Waals surface area contributed by atoms with Crippen molar-refractivity contribution in [2.45, 2.75) is 45.4 Å². The van der Waals surface area contributed by atoms with Gasteiger partial charge in [0.15, 0.2) is 0 Å². The minimum Gasteiger partial charge on any atom is -0.469 e. The molecule has 31 heavy (non-hydrogen) atoms. The topological polar surface area (TPSA) is 55.0 Å². The zero-order valence-corrected chi connectivity index (χ0v) is 18.2. The average molecular weight is 424 g/mol. The fourth-order valence-electron chi connectivity index (χ4n) is 3.52. The van der Waals surface area contributed by atoms with Crippen molar-refractivity contribution in [1.29, 1.82) is 0 Å². The van der Waals surface area contributed by atoms with Gasteiger partial charge in [-0.1, -0.05) is 35.5 Å². The van der Waals surface area contributed by atoms with Crippen LogP contribution in [0.2, 0.25) is 0 Å². The Kier molecular flexibility index (Phi) is 8.42. The molecule has 0 saturated heterocycles. The van der Waals surface area contributed by atoms with Gasteiger partial charge in [0.2, 0.25) is 0 Å². The first kappa shape index (κ1) is 22.8. The molecule has 1 fully saturated rings. The van der Waals surface area contributed by atoms with Crippen LogP contribution in [-0.2, 0) is 17.6 Å². The van der Waals surface area contributed by atoms with Gasteiger partial charge in [0.05, 0.1) is 12.0 Å². The van der Waals surface area contributed by atoms with E-state index in [4.69, 9.17) is 9.15 Å². The molecule has 1 aliphatic carbocycles. The number of furan rings is 1. The molecule has 1 N–H and O–H groups in total. The molecule has 1 heterocycles. The van der Waals surface area contributed by atoms with E-state index >= 15 is 0 Å². The molecule has 4 nitrogen and oxygen atoms in total. The van der Waals surface area contributed by atoms with Gasteiger partial charge >= 0.3 is 0 Å². The lowest BCUT2D eigenvalue weighted by atomic mass is 9.96. The van der Waals surface area contributed by atoms with Gasteiger partial charge in [-0.2, -0.15) is 0 Å². The molecule has 0 atom stereocenters. The van der Waals surface area contributed by atoms with Gasteiger partial charge in [0.1, 0.15) is 11.6 Å². The van der Waals surface area contributed by atoms with E-state index < -0.39 is 0 Å². The third-order valence-electron chi connectivity index (χ3n) is 5.17. The number of halogens is 1. The first-order valence-corrected chi connectivity index (χ1v) is 10.8. The van der Waals surface area contributed by atoms with Crippen molar-refractivity contribution < 1.29 is 18.8 Å². The Morgan fingerprint density at radius 1 is 1.06 bits per heavy atom. The fraction of sp³-hybridized carbons (Fsp3) is 0.346. The molecule has 1 aliphatic rings. The Bertz CT molecular complexity index is 975. The van der Waals surface area contributed by atoms with Gasteiger partial charge in [-0.15, -0.1) is 0 Å². The van der Waals surface area contributed by atoms with E-state index in [1.165, 1.54) is 11.6 Å². The van der Waals surface area contributed by atoms with E-state index in [1.54, 1.807) is 18.4 Å². The minimum atomic E-state index is -0.249. The van der Waals surface area contributed by atoms with E-state index in [0.717, 1.165) is 54.9 Å². The zero-order chi connectivity index (χ0) is 22.1. The van der Waals surface area contributed by atoms with Crippen LogP contribution in [0.3, 0.4) is 0 Å². The Morgan fingerprint density at radius 3 is 2.42 bits per heavy atom. The molecule has 0 bridgehead atoms. The SMILES string of the molecule is CCOCC.O/N=C(\Cc1coc(Cc2ccccc2)c1)c1ccc(F)cc1C1CC1. The molecule has 0 unspecified atom stereocenters. The van der Waals surface area contributed by atoms with Crippen molar-refractivity contribution in [3.8, 4) is 0 Å². The Hall–Kier alpha value is -2.92. The van der Waals surface area contributed by atoms with Gasteiger partial charge in [0, 0.05) is 31.6 Å². The Morgan fingerprint density at radius 2 is 1.81 bits per heavy atom. The summed E-state index contributed by atoms with van der Waals surface area (Å²) >= 11 is 0. The molecule has 1 aromatic heterocycles. The molecular formula is C26H30FNO3. The Labute approximate surface area is 183 Å². The lowest BCUT2D eigenvalue weighted by Gasteiger charge is -2.10. The molecule has 0 aliphatic heterocycles. The van der Waals surface area contributed by atoms with Crippen LogP contribution in [0.25, 0.3) is 0 Å². The van der Waals surface area contributed by atoms with Gasteiger partial charge in [0.25, 0.3) is 0 Å². The van der Waals surface area contributed by atoms with Crippen LogP contribution in [0.4, 0.5) is 4.39 Å². The molecule has 1 saturated carbocycles. The van der Waals surface area contributed by atoms with Crippen molar-refractivity contribution in [2.24, 2.45) is 5.16 Å². The van der Waals surface area contributed by atoms with E-state index in [1.807, 2.05) is 38.1 Å². The molecule has 4 rings (SSSR count). The molecule has 5 heteroatoms. The van der Waals surface area contributed by atoms with Crippen LogP contribution in [-0.4, -0.2) is 24.1 Å². The van der Waals surface area contributed by atoms with Crippen molar-refractivity contribution in [3.63, 3.8) is 0 Å². The molecule has 3 aromatic rings. The quantitative estimate of drug-likeness (QED) is 0.261. The van der Waals surface area contributed by atoms with Crippen LogP contribution in [0.15, 0.2) is 70.4 Å². The number of hydrogen-bond donors (Lipinski definition) is 1. The van der Waals surface area contributed by atoms with Crippen molar-refractivity contribution in [1.82, 2.24) is 0 Å². The molecule has 164 valence electrons. The van der Waals surface area contributed by atoms with Gasteiger partial charge in [-0.05, 0) is 73.6 Å². The summed E-state index contributed by atoms with van der Waals surface area (Å²) in [5.41, 5.74) is 4.42. The summed E-state index contributed by atoms with van der Waals surface area (Å²) in [4.78, 5) is 0. The van der Waals surface area contributed by atoms with Crippen LogP contribution < -0.4 is 0 Å². The second kappa shape index (κ2) is 11.5. The smallest absolute Gasteiger partial charge is 0.123 e. The van der Waals surface area contributed by atoms with Crippen LogP contribution >= 0.6 is 0 Å². The van der Waals surface area contributed by atoms with Gasteiger partial charge in [-0.25, -0.2) is 4.39 Å². The van der Waals surface area contributed by atoms with E-state index in [9.17, 15) is 9.60 Å². The van der Waals surface area contributed by atoms with Crippen LogP contribution in [0.5, 0.6) is 0 Å². The summed E-state index contributed by atoms with van der Waals surface area (Å²) in [5.74, 6) is 0.988. The molecule has 0 amide bonds. The third-order valence-corrected chi connectivity index (χ3v) is 5.17. The molecule has 0 radical (unpaired) electrons. The highest BCUT2D eigenvalue weighted by Crippen LogP contribution is 2.42. The summed E-state index contributed by atoms with van der Waals surface area (Å²) in [6.45, 7) is 5.67. The van der Waals surface area contributed by atoms with Crippen LogP contribution in [0.1, 0.15) is 60.6 Å². The maximum Gasteiger partial charge on any atom is 0.123 e. The summed E-state index contributed by atoms with van der Waals surface area (Å²) in [6.07, 6.45) is 4.98. The van der Waals surface area contributed by atoms with E-state index in [2.05, 4.69) is 17.3 Å². The fourth-order valence-corrected chi connectivity index (χ4v) is 3.52. The monoisotopic (exact) mass is 423 g/mol. The van der Waals surface area contributed by atoms with Gasteiger partial charge < -0.3 is 14.4 Å². The van der Waals surface area contributed by atoms with E-state index in [0.29, 0.717) is 18.1 Å². The third kappa shape index (κ3) is 6.79. The number of nitrogens with zero attached hydrogens (tertiary/aromatic N) is 1. The summed E-state index contributed by atoms with van der Waals surface area (Å²) in [7, 11) is 0. The second-order valence-corrected chi connectivity index (χ2v) is 7.59. The number of oxime groups is 1. The first-order valence-electron chi connectivity index (χ1n) is 10.8. The van der Waals surface area contributed by atoms with E-state index in [-0.39, 0.29) is 5.82 Å². The molecule has 2 aromatic carbocycles. The standard InChI is InChI=1S/C22H20FNO2.C4H10O/c23-18-8-9-20(21(13-18)17-6-7-17)22(24-25)12-16-11-19(26-14-16)10-15-4-2-1-3-5-15;1-3-5-4-2/h1-5,8-9,11,13-14,17,25H,6-7,10,12H2;3-4H2,1-2H3/b24-22+;. The number of benzene rings is 2. The van der Waals surface area contributed by atoms with Crippen LogP contribution in [0, 0.1) is 5.82 Å². The normalized spacial score (nSPS) is 13.6. The van der Waals surface area contributed by atoms with Crippen molar-refractivity contribution in [3.05, 3.63) is 94.7 Å². The summed E-state index contributed by atoms with van der Waals surface area (Å²) in [6, 6.07) is 16.8. The molecular weight excluding hydrogens is 393 g/mol. The molecule has 0 spiro atoms. The highest BCUT2D eigenvalue weighted by Gasteiger charge is 2.28. The zero-order valence-electron chi connectivity index (χ0n) is 18.2. The van der Waals surface area contributed by atoms with Gasteiger partial charge in [-0.3, -0.25) is 0 Å². The maximum atomic E-state index is 13.6. The van der Waals surface area contributed by atoms with Crippen molar-refractivity contribution in [2.75, 3.05) is 13.2 Å². The number of hydrogen-bond acceptors (Lipinski definition) is 4. The highest BCUT2D eigenvalue weighted by atomic mass is 19.1. The maximum absolute atomic E-state index is 13.6. The lowest BCUT2D eigenvalue weighted by molar-refractivity contribution is 0.162. The second-order valence-electron chi connectivity index (χ2n) is 7.59. The van der Waals surface area contributed by atoms with Crippen molar-refractivity contribution >= 4 is 5.71 Å².